The molecular formula is C26H34N4O3. The van der Waals surface area contributed by atoms with Gasteiger partial charge in [-0.1, -0.05) is 30.3 Å². The topological polar surface area (TPSA) is 73.9 Å². The number of anilines is 1. The Bertz CT molecular complexity index is 928. The highest BCUT2D eigenvalue weighted by Crippen LogP contribution is 2.21. The molecule has 2 aliphatic heterocycles. The number of benzene rings is 2. The smallest absolute Gasteiger partial charge is 0.321 e. The number of hydrogen-bond donors (Lipinski definition) is 2. The second kappa shape index (κ2) is 11.2. The van der Waals surface area contributed by atoms with Gasteiger partial charge in [-0.25, -0.2) is 4.79 Å². The Morgan fingerprint density at radius 2 is 1.79 bits per heavy atom. The number of ether oxygens (including phenoxy) is 1. The van der Waals surface area contributed by atoms with Crippen molar-refractivity contribution in [2.24, 2.45) is 5.92 Å². The molecule has 2 heterocycles. The van der Waals surface area contributed by atoms with E-state index in [1.54, 1.807) is 12.0 Å². The van der Waals surface area contributed by atoms with E-state index in [4.69, 9.17) is 4.74 Å². The maximum absolute atomic E-state index is 12.9. The first-order valence-corrected chi connectivity index (χ1v) is 11.9. The second-order valence-corrected chi connectivity index (χ2v) is 8.99. The minimum absolute atomic E-state index is 0.0819. The first-order valence-electron chi connectivity index (χ1n) is 11.9. The summed E-state index contributed by atoms with van der Waals surface area (Å²) in [4.78, 5) is 29.7. The van der Waals surface area contributed by atoms with E-state index in [2.05, 4.69) is 27.7 Å². The summed E-state index contributed by atoms with van der Waals surface area (Å²) in [5, 5.41) is 6.18. The maximum atomic E-state index is 12.9. The van der Waals surface area contributed by atoms with E-state index in [9.17, 15) is 9.59 Å². The number of likely N-dealkylation sites (tertiary alicyclic amines) is 2. The van der Waals surface area contributed by atoms with Gasteiger partial charge < -0.3 is 20.3 Å². The Labute approximate surface area is 196 Å². The summed E-state index contributed by atoms with van der Waals surface area (Å²) in [5.41, 5.74) is 2.02. The lowest BCUT2D eigenvalue weighted by atomic mass is 9.96. The van der Waals surface area contributed by atoms with Crippen molar-refractivity contribution in [2.45, 2.75) is 38.3 Å². The van der Waals surface area contributed by atoms with Gasteiger partial charge >= 0.3 is 6.03 Å². The summed E-state index contributed by atoms with van der Waals surface area (Å²) >= 11 is 0. The van der Waals surface area contributed by atoms with Crippen LogP contribution in [0.4, 0.5) is 10.5 Å². The molecule has 2 saturated heterocycles. The number of urea groups is 1. The standard InChI is InChI=1S/C26H34N4O3/c1-33-24-11-5-7-20(17-24)18-29-15-12-23(13-16-29)27-25(31)21-8-6-14-30(19-21)26(32)28-22-9-3-2-4-10-22/h2-5,7,9-11,17,21,23H,6,8,12-16,18-19H2,1H3,(H,27,31)(H,28,32). The first kappa shape index (κ1) is 23.1. The SMILES string of the molecule is COc1cccc(CN2CCC(NC(=O)C3CCCN(C(=O)Nc4ccccc4)C3)CC2)c1. The molecule has 0 bridgehead atoms. The molecule has 33 heavy (non-hydrogen) atoms. The van der Waals surface area contributed by atoms with E-state index in [-0.39, 0.29) is 23.9 Å². The van der Waals surface area contributed by atoms with Crippen LogP contribution in [-0.2, 0) is 11.3 Å². The minimum atomic E-state index is -0.143. The van der Waals surface area contributed by atoms with Crippen molar-refractivity contribution in [1.29, 1.82) is 0 Å². The molecule has 0 spiro atoms. The number of carbonyl (C=O) groups is 2. The highest BCUT2D eigenvalue weighted by molar-refractivity contribution is 5.90. The normalized spacial score (nSPS) is 19.7. The number of nitrogens with one attached hydrogen (secondary N) is 2. The van der Waals surface area contributed by atoms with Gasteiger partial charge in [0.15, 0.2) is 0 Å². The second-order valence-electron chi connectivity index (χ2n) is 8.99. The van der Waals surface area contributed by atoms with Gasteiger partial charge in [0, 0.05) is 44.5 Å². The van der Waals surface area contributed by atoms with Crippen LogP contribution in [-0.4, -0.2) is 61.1 Å². The molecular weight excluding hydrogens is 416 g/mol. The molecule has 4 rings (SSSR count). The molecule has 1 unspecified atom stereocenters. The van der Waals surface area contributed by atoms with Crippen molar-refractivity contribution in [1.82, 2.24) is 15.1 Å². The lowest BCUT2D eigenvalue weighted by molar-refractivity contribution is -0.127. The summed E-state index contributed by atoms with van der Waals surface area (Å²) in [5.74, 6) is 0.821. The summed E-state index contributed by atoms with van der Waals surface area (Å²) in [6.45, 7) is 3.97. The number of hydrogen-bond acceptors (Lipinski definition) is 4. The van der Waals surface area contributed by atoms with Crippen LogP contribution in [0.3, 0.4) is 0 Å². The molecule has 176 valence electrons. The summed E-state index contributed by atoms with van der Waals surface area (Å²) in [6, 6.07) is 17.7. The van der Waals surface area contributed by atoms with Gasteiger partial charge in [-0.05, 0) is 55.5 Å². The molecule has 0 aromatic heterocycles. The van der Waals surface area contributed by atoms with Crippen LogP contribution >= 0.6 is 0 Å². The van der Waals surface area contributed by atoms with Gasteiger partial charge in [0.2, 0.25) is 5.91 Å². The number of methoxy groups -OCH3 is 1. The summed E-state index contributed by atoms with van der Waals surface area (Å²) in [7, 11) is 1.69. The van der Waals surface area contributed by atoms with Gasteiger partial charge in [-0.2, -0.15) is 0 Å². The predicted octanol–water partition coefficient (Wildman–Crippen LogP) is 3.72. The number of para-hydroxylation sites is 1. The van der Waals surface area contributed by atoms with Crippen LogP contribution in [0.5, 0.6) is 5.75 Å². The van der Waals surface area contributed by atoms with Crippen LogP contribution in [0.25, 0.3) is 0 Å². The monoisotopic (exact) mass is 450 g/mol. The van der Waals surface area contributed by atoms with Crippen LogP contribution in [0.15, 0.2) is 54.6 Å². The molecule has 2 N–H and O–H groups in total. The Balaban J connectivity index is 1.22. The molecule has 2 fully saturated rings. The van der Waals surface area contributed by atoms with Crippen LogP contribution in [0.2, 0.25) is 0 Å². The van der Waals surface area contributed by atoms with Crippen LogP contribution < -0.4 is 15.4 Å². The fourth-order valence-electron chi connectivity index (χ4n) is 4.68. The van der Waals surface area contributed by atoms with Crippen molar-refractivity contribution in [3.63, 3.8) is 0 Å². The minimum Gasteiger partial charge on any atom is -0.497 e. The number of amides is 3. The van der Waals surface area contributed by atoms with Gasteiger partial charge in [0.25, 0.3) is 0 Å². The molecule has 7 heteroatoms. The summed E-state index contributed by atoms with van der Waals surface area (Å²) in [6.07, 6.45) is 3.57. The third kappa shape index (κ3) is 6.48. The number of carbonyl (C=O) groups excluding carboxylic acids is 2. The highest BCUT2D eigenvalue weighted by atomic mass is 16.5. The highest BCUT2D eigenvalue weighted by Gasteiger charge is 2.30. The van der Waals surface area contributed by atoms with Crippen molar-refractivity contribution < 1.29 is 14.3 Å². The van der Waals surface area contributed by atoms with Gasteiger partial charge in [0.05, 0.1) is 13.0 Å². The molecule has 0 radical (unpaired) electrons. The van der Waals surface area contributed by atoms with Gasteiger partial charge in [-0.15, -0.1) is 0 Å². The molecule has 7 nitrogen and oxygen atoms in total. The Kier molecular flexibility index (Phi) is 7.83. The van der Waals surface area contributed by atoms with E-state index in [1.165, 1.54) is 5.56 Å². The van der Waals surface area contributed by atoms with Crippen molar-refractivity contribution in [2.75, 3.05) is 38.6 Å². The molecule has 1 atom stereocenters. The zero-order chi connectivity index (χ0) is 23.0. The quantitative estimate of drug-likeness (QED) is 0.704. The van der Waals surface area contributed by atoms with Crippen molar-refractivity contribution in [3.05, 3.63) is 60.2 Å². The Hall–Kier alpha value is -3.06. The lowest BCUT2D eigenvalue weighted by Gasteiger charge is -2.35. The van der Waals surface area contributed by atoms with Crippen LogP contribution in [0, 0.1) is 5.92 Å². The fourth-order valence-corrected chi connectivity index (χ4v) is 4.68. The third-order valence-electron chi connectivity index (χ3n) is 6.58. The van der Waals surface area contributed by atoms with Crippen LogP contribution in [0.1, 0.15) is 31.2 Å². The average Bonchev–Trinajstić information content (AvgIpc) is 2.86. The maximum Gasteiger partial charge on any atom is 0.321 e. The third-order valence-corrected chi connectivity index (χ3v) is 6.58. The Morgan fingerprint density at radius 3 is 2.55 bits per heavy atom. The number of nitrogens with zero attached hydrogens (tertiary/aromatic N) is 2. The molecule has 0 saturated carbocycles. The van der Waals surface area contributed by atoms with E-state index in [0.29, 0.717) is 13.1 Å². The van der Waals surface area contributed by atoms with E-state index >= 15 is 0 Å². The van der Waals surface area contributed by atoms with Crippen molar-refractivity contribution in [3.8, 4) is 5.75 Å². The van der Waals surface area contributed by atoms with Gasteiger partial charge in [0.1, 0.15) is 5.75 Å². The van der Waals surface area contributed by atoms with Gasteiger partial charge in [-0.3, -0.25) is 9.69 Å². The predicted molar refractivity (Wildman–Crippen MR) is 129 cm³/mol. The Morgan fingerprint density at radius 1 is 1.00 bits per heavy atom. The zero-order valence-electron chi connectivity index (χ0n) is 19.3. The number of rotatable bonds is 6. The molecule has 2 aromatic rings. The zero-order valence-corrected chi connectivity index (χ0v) is 19.3. The fraction of sp³-hybridized carbons (Fsp3) is 0.462. The van der Waals surface area contributed by atoms with E-state index in [0.717, 1.165) is 56.8 Å². The molecule has 0 aliphatic carbocycles. The summed E-state index contributed by atoms with van der Waals surface area (Å²) < 4.78 is 5.32. The largest absolute Gasteiger partial charge is 0.497 e. The first-order chi connectivity index (χ1) is 16.1. The molecule has 3 amide bonds. The molecule has 2 aliphatic rings. The van der Waals surface area contributed by atoms with E-state index in [1.807, 2.05) is 42.5 Å². The average molecular weight is 451 g/mol. The van der Waals surface area contributed by atoms with E-state index < -0.39 is 0 Å². The number of piperidine rings is 2. The van der Waals surface area contributed by atoms with Crippen molar-refractivity contribution >= 4 is 17.6 Å². The lowest BCUT2D eigenvalue weighted by Crippen LogP contribution is -2.50. The molecule has 2 aromatic carbocycles.